The first-order valence-electron chi connectivity index (χ1n) is 8.18. The Morgan fingerprint density at radius 1 is 1.35 bits per heavy atom. The number of hydrogen-bond acceptors (Lipinski definition) is 4. The van der Waals surface area contributed by atoms with Gasteiger partial charge in [0, 0.05) is 37.7 Å². The number of nitrogens with zero attached hydrogens (tertiary/aromatic N) is 2. The number of aryl methyl sites for hydroxylation is 1. The van der Waals surface area contributed by atoms with Gasteiger partial charge in [0.05, 0.1) is 5.52 Å². The van der Waals surface area contributed by atoms with E-state index in [1.807, 2.05) is 4.90 Å². The molecular weight excluding hydrogens is 294 g/mol. The van der Waals surface area contributed by atoms with Gasteiger partial charge >= 0.3 is 5.76 Å². The van der Waals surface area contributed by atoms with Crippen LogP contribution >= 0.6 is 0 Å². The molecule has 1 amide bonds. The lowest BCUT2D eigenvalue weighted by atomic mass is 9.80. The van der Waals surface area contributed by atoms with Crippen LogP contribution in [0.25, 0.3) is 11.1 Å². The van der Waals surface area contributed by atoms with Gasteiger partial charge in [-0.1, -0.05) is 0 Å². The lowest BCUT2D eigenvalue weighted by molar-refractivity contribution is 0.0764. The van der Waals surface area contributed by atoms with Gasteiger partial charge in [0.2, 0.25) is 0 Å². The van der Waals surface area contributed by atoms with Gasteiger partial charge in [0.1, 0.15) is 0 Å². The van der Waals surface area contributed by atoms with E-state index in [4.69, 9.17) is 4.42 Å². The number of piperidine rings is 1. The summed E-state index contributed by atoms with van der Waals surface area (Å²) >= 11 is 0. The van der Waals surface area contributed by atoms with E-state index in [1.54, 1.807) is 25.2 Å². The number of hydrogen-bond donors (Lipinski definition) is 1. The molecule has 1 atom stereocenters. The molecule has 23 heavy (non-hydrogen) atoms. The predicted molar refractivity (Wildman–Crippen MR) is 86.5 cm³/mol. The summed E-state index contributed by atoms with van der Waals surface area (Å²) in [6.45, 7) is 3.72. The summed E-state index contributed by atoms with van der Waals surface area (Å²) in [6, 6.07) is 5.21. The average Bonchev–Trinajstić information content (AvgIpc) is 3.09. The maximum atomic E-state index is 12.8. The van der Waals surface area contributed by atoms with Crippen molar-refractivity contribution in [2.24, 2.45) is 12.5 Å². The first kappa shape index (κ1) is 14.5. The van der Waals surface area contributed by atoms with Crippen LogP contribution < -0.4 is 11.1 Å². The number of benzene rings is 1. The van der Waals surface area contributed by atoms with E-state index in [1.165, 1.54) is 17.4 Å². The van der Waals surface area contributed by atoms with E-state index in [0.29, 0.717) is 16.7 Å². The second kappa shape index (κ2) is 5.23. The number of carbonyl (C=O) groups is 1. The molecule has 1 aromatic carbocycles. The highest BCUT2D eigenvalue weighted by molar-refractivity contribution is 5.97. The van der Waals surface area contributed by atoms with Crippen molar-refractivity contribution in [1.82, 2.24) is 14.8 Å². The van der Waals surface area contributed by atoms with Crippen LogP contribution in [0.5, 0.6) is 0 Å². The molecule has 0 unspecified atom stereocenters. The Bertz CT molecular complexity index is 814. The summed E-state index contributed by atoms with van der Waals surface area (Å²) in [5.41, 5.74) is 2.05. The Hall–Kier alpha value is -2.08. The zero-order valence-electron chi connectivity index (χ0n) is 13.3. The minimum atomic E-state index is -0.405. The molecule has 1 aromatic heterocycles. The molecule has 0 saturated carbocycles. The molecule has 2 aliphatic heterocycles. The smallest absolute Gasteiger partial charge is 0.408 e. The Morgan fingerprint density at radius 2 is 2.22 bits per heavy atom. The van der Waals surface area contributed by atoms with Crippen molar-refractivity contribution in [2.75, 3.05) is 26.2 Å². The van der Waals surface area contributed by atoms with Crippen molar-refractivity contribution in [2.45, 2.75) is 19.3 Å². The highest BCUT2D eigenvalue weighted by atomic mass is 16.4. The van der Waals surface area contributed by atoms with Gasteiger partial charge in [0.15, 0.2) is 5.58 Å². The van der Waals surface area contributed by atoms with Crippen molar-refractivity contribution in [3.63, 3.8) is 0 Å². The maximum absolute atomic E-state index is 12.8. The average molecular weight is 315 g/mol. The second-order valence-corrected chi connectivity index (χ2v) is 6.87. The predicted octanol–water partition coefficient (Wildman–Crippen LogP) is 1.35. The molecule has 1 spiro atoms. The van der Waals surface area contributed by atoms with Crippen LogP contribution in [0.1, 0.15) is 29.6 Å². The molecule has 0 aliphatic carbocycles. The van der Waals surface area contributed by atoms with E-state index in [0.717, 1.165) is 32.6 Å². The summed E-state index contributed by atoms with van der Waals surface area (Å²) in [5.74, 6) is -0.360. The van der Waals surface area contributed by atoms with Gasteiger partial charge in [0.25, 0.3) is 5.91 Å². The monoisotopic (exact) mass is 315 g/mol. The number of carbonyl (C=O) groups excluding carboxylic acids is 1. The zero-order valence-corrected chi connectivity index (χ0v) is 13.3. The fourth-order valence-electron chi connectivity index (χ4n) is 3.93. The quantitative estimate of drug-likeness (QED) is 0.862. The third-order valence-electron chi connectivity index (χ3n) is 5.32. The number of nitrogens with one attached hydrogen (secondary N) is 1. The number of oxazole rings is 1. The molecular formula is C17H21N3O3. The standard InChI is InChI=1S/C17H21N3O3/c1-19-13-9-12(3-4-14(13)23-16(19)22)15(21)20-8-6-17(11-20)5-2-7-18-10-17/h3-4,9,18H,2,5-8,10-11H2,1H3/t17-/m1/s1. The van der Waals surface area contributed by atoms with Crippen LogP contribution in [0.15, 0.2) is 27.4 Å². The molecule has 1 N–H and O–H groups in total. The number of rotatable bonds is 1. The first-order valence-corrected chi connectivity index (χ1v) is 8.18. The maximum Gasteiger partial charge on any atom is 0.419 e. The van der Waals surface area contributed by atoms with E-state index < -0.39 is 5.76 Å². The Balaban J connectivity index is 1.59. The molecule has 6 heteroatoms. The molecule has 3 heterocycles. The van der Waals surface area contributed by atoms with Crippen LogP contribution in [0.3, 0.4) is 0 Å². The molecule has 0 bridgehead atoms. The molecule has 2 aromatic rings. The zero-order chi connectivity index (χ0) is 16.0. The molecule has 0 radical (unpaired) electrons. The van der Waals surface area contributed by atoms with Crippen LogP contribution in [0.4, 0.5) is 0 Å². The minimum absolute atomic E-state index is 0.0444. The van der Waals surface area contributed by atoms with E-state index >= 15 is 0 Å². The van der Waals surface area contributed by atoms with Gasteiger partial charge in [-0.2, -0.15) is 0 Å². The van der Waals surface area contributed by atoms with E-state index in [9.17, 15) is 9.59 Å². The second-order valence-electron chi connectivity index (χ2n) is 6.87. The van der Waals surface area contributed by atoms with Crippen molar-refractivity contribution in [1.29, 1.82) is 0 Å². The third kappa shape index (κ3) is 2.37. The highest BCUT2D eigenvalue weighted by Crippen LogP contribution is 2.37. The van der Waals surface area contributed by atoms with Gasteiger partial charge in [-0.15, -0.1) is 0 Å². The minimum Gasteiger partial charge on any atom is -0.408 e. The number of aromatic nitrogens is 1. The van der Waals surface area contributed by atoms with Crippen LogP contribution in [0.2, 0.25) is 0 Å². The Morgan fingerprint density at radius 3 is 3.00 bits per heavy atom. The molecule has 2 saturated heterocycles. The summed E-state index contributed by atoms with van der Waals surface area (Å²) in [7, 11) is 1.65. The van der Waals surface area contributed by atoms with E-state index in [-0.39, 0.29) is 11.3 Å². The van der Waals surface area contributed by atoms with Crippen molar-refractivity contribution >= 4 is 17.0 Å². The third-order valence-corrected chi connectivity index (χ3v) is 5.32. The Kier molecular flexibility index (Phi) is 3.30. The molecule has 2 fully saturated rings. The van der Waals surface area contributed by atoms with Crippen molar-refractivity contribution < 1.29 is 9.21 Å². The fraction of sp³-hybridized carbons (Fsp3) is 0.529. The molecule has 122 valence electrons. The largest absolute Gasteiger partial charge is 0.419 e. The lowest BCUT2D eigenvalue weighted by Gasteiger charge is -2.33. The van der Waals surface area contributed by atoms with Crippen molar-refractivity contribution in [3.05, 3.63) is 34.3 Å². The van der Waals surface area contributed by atoms with Crippen LogP contribution in [-0.2, 0) is 7.05 Å². The number of amides is 1. The van der Waals surface area contributed by atoms with Gasteiger partial charge in [-0.25, -0.2) is 4.79 Å². The van der Waals surface area contributed by atoms with Gasteiger partial charge in [-0.05, 0) is 44.0 Å². The SMILES string of the molecule is Cn1c(=O)oc2ccc(C(=O)N3CC[C@@]4(CCCNC4)C3)cc21. The summed E-state index contributed by atoms with van der Waals surface area (Å²) in [4.78, 5) is 26.3. The number of fused-ring (bicyclic) bond motifs is 1. The van der Waals surface area contributed by atoms with Crippen molar-refractivity contribution in [3.8, 4) is 0 Å². The summed E-state index contributed by atoms with van der Waals surface area (Å²) < 4.78 is 6.56. The van der Waals surface area contributed by atoms with Gasteiger partial charge < -0.3 is 14.6 Å². The first-order chi connectivity index (χ1) is 11.1. The summed E-state index contributed by atoms with van der Waals surface area (Å²) in [5, 5.41) is 3.46. The Labute approximate surface area is 134 Å². The van der Waals surface area contributed by atoms with Crippen LogP contribution in [0, 0.1) is 5.41 Å². The topological polar surface area (TPSA) is 67.5 Å². The van der Waals surface area contributed by atoms with E-state index in [2.05, 4.69) is 5.32 Å². The molecule has 2 aliphatic rings. The number of likely N-dealkylation sites (tertiary alicyclic amines) is 1. The molecule has 4 rings (SSSR count). The van der Waals surface area contributed by atoms with Gasteiger partial charge in [-0.3, -0.25) is 9.36 Å². The lowest BCUT2D eigenvalue weighted by Crippen LogP contribution is -2.42. The molecule has 6 nitrogen and oxygen atoms in total. The summed E-state index contributed by atoms with van der Waals surface area (Å²) in [6.07, 6.45) is 3.45. The highest BCUT2D eigenvalue weighted by Gasteiger charge is 2.40. The fourth-order valence-corrected chi connectivity index (χ4v) is 3.93. The normalized spacial score (nSPS) is 24.7. The van der Waals surface area contributed by atoms with Crippen LogP contribution in [-0.4, -0.2) is 41.6 Å².